The van der Waals surface area contributed by atoms with Crippen molar-refractivity contribution in [2.45, 2.75) is 23.3 Å². The van der Waals surface area contributed by atoms with Crippen LogP contribution in [0.25, 0.3) is 0 Å². The van der Waals surface area contributed by atoms with Crippen molar-refractivity contribution >= 4 is 9.84 Å². The van der Waals surface area contributed by atoms with Gasteiger partial charge in [-0.2, -0.15) is 0 Å². The van der Waals surface area contributed by atoms with Gasteiger partial charge in [-0.05, 0) is 24.1 Å². The second-order valence-corrected chi connectivity index (χ2v) is 6.98. The average Bonchev–Trinajstić information content (AvgIpc) is 2.88. The van der Waals surface area contributed by atoms with Crippen LogP contribution in [0.2, 0.25) is 0 Å². The van der Waals surface area contributed by atoms with E-state index in [1.807, 2.05) is 0 Å². The van der Waals surface area contributed by atoms with Gasteiger partial charge in [-0.3, -0.25) is 0 Å². The Morgan fingerprint density at radius 1 is 1.26 bits per heavy atom. The molecule has 0 fully saturated rings. The number of aliphatic hydroxyl groups is 1. The number of fused-ring (bicyclic) bond motifs is 1. The largest absolute Gasteiger partial charge is 0.472 e. The Labute approximate surface area is 111 Å². The van der Waals surface area contributed by atoms with Crippen LogP contribution in [0.5, 0.6) is 0 Å². The van der Waals surface area contributed by atoms with Crippen LogP contribution in [0.4, 0.5) is 0 Å². The van der Waals surface area contributed by atoms with Crippen molar-refractivity contribution in [2.75, 3.05) is 5.75 Å². The summed E-state index contributed by atoms with van der Waals surface area (Å²) in [5.74, 6) is -0.0294. The van der Waals surface area contributed by atoms with E-state index in [9.17, 15) is 13.5 Å². The van der Waals surface area contributed by atoms with Crippen molar-refractivity contribution in [1.82, 2.24) is 0 Å². The molecule has 0 spiro atoms. The predicted molar refractivity (Wildman–Crippen MR) is 69.4 cm³/mol. The first-order valence-corrected chi connectivity index (χ1v) is 7.72. The lowest BCUT2D eigenvalue weighted by Gasteiger charge is -2.34. The average molecular weight is 278 g/mol. The molecular formula is C14H14O4S. The van der Waals surface area contributed by atoms with Crippen LogP contribution < -0.4 is 0 Å². The van der Waals surface area contributed by atoms with Gasteiger partial charge in [-0.15, -0.1) is 0 Å². The van der Waals surface area contributed by atoms with E-state index in [0.717, 1.165) is 5.56 Å². The minimum atomic E-state index is -3.28. The van der Waals surface area contributed by atoms with Crippen molar-refractivity contribution < 1.29 is 17.9 Å². The van der Waals surface area contributed by atoms with Gasteiger partial charge >= 0.3 is 0 Å². The van der Waals surface area contributed by atoms with Gasteiger partial charge in [0, 0.05) is 12.0 Å². The van der Waals surface area contributed by atoms with Crippen molar-refractivity contribution in [2.24, 2.45) is 0 Å². The first-order chi connectivity index (χ1) is 9.01. The molecule has 1 aromatic heterocycles. The summed E-state index contributed by atoms with van der Waals surface area (Å²) in [6.07, 6.45) is 3.68. The van der Waals surface area contributed by atoms with Gasteiger partial charge in [0.25, 0.3) is 0 Å². The fourth-order valence-electron chi connectivity index (χ4n) is 2.58. The van der Waals surface area contributed by atoms with Crippen molar-refractivity contribution in [1.29, 1.82) is 0 Å². The molecule has 2 heterocycles. The smallest absolute Gasteiger partial charge is 0.178 e. The number of hydrogen-bond donors (Lipinski definition) is 1. The fourth-order valence-corrected chi connectivity index (χ4v) is 4.29. The zero-order chi connectivity index (χ0) is 13.5. The Hall–Kier alpha value is -1.59. The summed E-state index contributed by atoms with van der Waals surface area (Å²) >= 11 is 0. The first-order valence-electron chi connectivity index (χ1n) is 6.07. The molecule has 1 N–H and O–H groups in total. The maximum Gasteiger partial charge on any atom is 0.178 e. The Kier molecular flexibility index (Phi) is 2.76. The van der Waals surface area contributed by atoms with Gasteiger partial charge in [-0.1, -0.05) is 18.2 Å². The Morgan fingerprint density at radius 2 is 2.05 bits per heavy atom. The van der Waals surface area contributed by atoms with Gasteiger partial charge in [0.1, 0.15) is 0 Å². The zero-order valence-electron chi connectivity index (χ0n) is 10.2. The summed E-state index contributed by atoms with van der Waals surface area (Å²) < 4.78 is 29.1. The number of sulfone groups is 1. The summed E-state index contributed by atoms with van der Waals surface area (Å²) in [6.45, 7) is 0. The van der Waals surface area contributed by atoms with Crippen molar-refractivity contribution in [3.8, 4) is 0 Å². The summed E-state index contributed by atoms with van der Waals surface area (Å²) in [5, 5.41) is 10.8. The molecule has 19 heavy (non-hydrogen) atoms. The molecule has 2 aromatic rings. The molecule has 100 valence electrons. The molecule has 1 aliphatic rings. The highest BCUT2D eigenvalue weighted by molar-refractivity contribution is 7.91. The molecular weight excluding hydrogens is 264 g/mol. The van der Waals surface area contributed by atoms with Crippen LogP contribution in [-0.4, -0.2) is 19.3 Å². The maximum atomic E-state index is 12.0. The summed E-state index contributed by atoms with van der Waals surface area (Å²) in [6, 6.07) is 8.46. The zero-order valence-corrected chi connectivity index (χ0v) is 11.1. The van der Waals surface area contributed by atoms with Gasteiger partial charge in [0.05, 0.1) is 28.8 Å². The SMILES string of the molecule is O=S1(=O)CCC(O)(Cc2ccoc2)c2ccccc21. The summed E-state index contributed by atoms with van der Waals surface area (Å²) in [4.78, 5) is 0.243. The lowest BCUT2D eigenvalue weighted by molar-refractivity contribution is 0.0282. The third-order valence-electron chi connectivity index (χ3n) is 3.58. The van der Waals surface area contributed by atoms with Gasteiger partial charge in [0.2, 0.25) is 0 Å². The van der Waals surface area contributed by atoms with E-state index in [2.05, 4.69) is 0 Å². The predicted octanol–water partition coefficient (Wildman–Crippen LogP) is 1.89. The summed E-state index contributed by atoms with van der Waals surface area (Å²) in [7, 11) is -3.28. The molecule has 0 saturated carbocycles. The van der Waals surface area contributed by atoms with Crippen LogP contribution >= 0.6 is 0 Å². The van der Waals surface area contributed by atoms with Crippen LogP contribution in [0.1, 0.15) is 17.5 Å². The third-order valence-corrected chi connectivity index (χ3v) is 5.35. The molecule has 1 aliphatic heterocycles. The number of hydrogen-bond acceptors (Lipinski definition) is 4. The number of benzene rings is 1. The van der Waals surface area contributed by atoms with Crippen molar-refractivity contribution in [3.63, 3.8) is 0 Å². The quantitative estimate of drug-likeness (QED) is 0.911. The molecule has 0 amide bonds. The van der Waals surface area contributed by atoms with E-state index in [1.54, 1.807) is 42.9 Å². The lowest BCUT2D eigenvalue weighted by Crippen LogP contribution is -2.37. The first kappa shape index (κ1) is 12.4. The molecule has 3 rings (SSSR count). The maximum absolute atomic E-state index is 12.0. The third kappa shape index (κ3) is 2.09. The lowest BCUT2D eigenvalue weighted by atomic mass is 9.85. The molecule has 1 atom stereocenters. The van der Waals surface area contributed by atoms with Crippen LogP contribution in [0.3, 0.4) is 0 Å². The van der Waals surface area contributed by atoms with E-state index < -0.39 is 15.4 Å². The van der Waals surface area contributed by atoms with E-state index >= 15 is 0 Å². The highest BCUT2D eigenvalue weighted by Crippen LogP contribution is 2.39. The van der Waals surface area contributed by atoms with E-state index in [1.165, 1.54) is 0 Å². The number of furan rings is 1. The highest BCUT2D eigenvalue weighted by Gasteiger charge is 2.40. The minimum absolute atomic E-state index is 0.0294. The molecule has 0 saturated heterocycles. The van der Waals surface area contributed by atoms with Crippen LogP contribution in [0.15, 0.2) is 52.2 Å². The molecule has 5 heteroatoms. The van der Waals surface area contributed by atoms with Crippen molar-refractivity contribution in [3.05, 3.63) is 54.0 Å². The molecule has 4 nitrogen and oxygen atoms in total. The van der Waals surface area contributed by atoms with Crippen LogP contribution in [0, 0.1) is 0 Å². The van der Waals surface area contributed by atoms with E-state index in [4.69, 9.17) is 4.42 Å². The monoisotopic (exact) mass is 278 g/mol. The second-order valence-electron chi connectivity index (χ2n) is 4.90. The molecule has 0 aliphatic carbocycles. The molecule has 1 aromatic carbocycles. The molecule has 0 radical (unpaired) electrons. The highest BCUT2D eigenvalue weighted by atomic mass is 32.2. The minimum Gasteiger partial charge on any atom is -0.472 e. The van der Waals surface area contributed by atoms with E-state index in [-0.39, 0.29) is 17.1 Å². The fraction of sp³-hybridized carbons (Fsp3) is 0.286. The Balaban J connectivity index is 2.09. The van der Waals surface area contributed by atoms with Crippen LogP contribution in [-0.2, 0) is 21.9 Å². The van der Waals surface area contributed by atoms with E-state index in [0.29, 0.717) is 12.0 Å². The summed E-state index contributed by atoms with van der Waals surface area (Å²) in [5.41, 5.74) is 0.199. The molecule has 0 bridgehead atoms. The second kappa shape index (κ2) is 4.21. The van der Waals surface area contributed by atoms with Gasteiger partial charge < -0.3 is 9.52 Å². The number of rotatable bonds is 2. The van der Waals surface area contributed by atoms with Gasteiger partial charge in [0.15, 0.2) is 9.84 Å². The Morgan fingerprint density at radius 3 is 2.79 bits per heavy atom. The standard InChI is InChI=1S/C14H14O4S/c15-14(9-11-5-7-18-10-11)6-8-19(16,17)13-4-2-1-3-12(13)14/h1-5,7,10,15H,6,8-9H2. The van der Waals surface area contributed by atoms with Gasteiger partial charge in [-0.25, -0.2) is 8.42 Å². The Bertz CT molecular complexity index is 688. The molecule has 1 unspecified atom stereocenters. The topological polar surface area (TPSA) is 67.5 Å². The normalized spacial score (nSPS) is 24.9.